The van der Waals surface area contributed by atoms with Crippen LogP contribution in [0.15, 0.2) is 24.3 Å². The number of carbonyl (C=O) groups is 1. The Kier molecular flexibility index (Phi) is 4.80. The first-order valence-corrected chi connectivity index (χ1v) is 6.83. The molecule has 4 nitrogen and oxygen atoms in total. The third-order valence-corrected chi connectivity index (χ3v) is 3.48. The molecule has 104 valence electrons. The van der Waals surface area contributed by atoms with E-state index in [1.807, 2.05) is 29.2 Å². The van der Waals surface area contributed by atoms with Crippen molar-refractivity contribution >= 4 is 5.91 Å². The minimum absolute atomic E-state index is 0.246. The molecule has 1 saturated heterocycles. The zero-order valence-corrected chi connectivity index (χ0v) is 11.7. The molecule has 1 aliphatic rings. The summed E-state index contributed by atoms with van der Waals surface area (Å²) in [5.74, 6) is 1.09. The lowest BCUT2D eigenvalue weighted by atomic mass is 10.1. The molecule has 0 spiro atoms. The van der Waals surface area contributed by atoms with Crippen LogP contribution in [0.4, 0.5) is 0 Å². The Morgan fingerprint density at radius 2 is 2.37 bits per heavy atom. The van der Waals surface area contributed by atoms with Gasteiger partial charge in [0.2, 0.25) is 5.91 Å². The summed E-state index contributed by atoms with van der Waals surface area (Å²) in [4.78, 5) is 14.1. The summed E-state index contributed by atoms with van der Waals surface area (Å²) in [5, 5.41) is 3.35. The van der Waals surface area contributed by atoms with Crippen LogP contribution in [0.2, 0.25) is 0 Å². The van der Waals surface area contributed by atoms with Crippen molar-refractivity contribution in [1.82, 2.24) is 10.2 Å². The predicted octanol–water partition coefficient (Wildman–Crippen LogP) is 1.45. The molecule has 0 aromatic heterocycles. The summed E-state index contributed by atoms with van der Waals surface area (Å²) in [6.45, 7) is 4.64. The smallest absolute Gasteiger partial charge is 0.222 e. The highest BCUT2D eigenvalue weighted by molar-refractivity contribution is 5.76. The van der Waals surface area contributed by atoms with Crippen molar-refractivity contribution in [2.75, 3.05) is 26.7 Å². The zero-order valence-electron chi connectivity index (χ0n) is 11.7. The van der Waals surface area contributed by atoms with Gasteiger partial charge in [-0.05, 0) is 31.0 Å². The van der Waals surface area contributed by atoms with Crippen LogP contribution >= 0.6 is 0 Å². The second kappa shape index (κ2) is 6.57. The van der Waals surface area contributed by atoms with Crippen molar-refractivity contribution in [3.05, 3.63) is 29.8 Å². The predicted molar refractivity (Wildman–Crippen MR) is 75.4 cm³/mol. The Bertz CT molecular complexity index is 434. The largest absolute Gasteiger partial charge is 0.497 e. The SMILES string of the molecule is COc1cccc(CCC(=O)N2CCNC(C)C2)c1. The summed E-state index contributed by atoms with van der Waals surface area (Å²) < 4.78 is 5.19. The average Bonchev–Trinajstić information content (AvgIpc) is 2.45. The van der Waals surface area contributed by atoms with Crippen LogP contribution in [0.1, 0.15) is 18.9 Å². The van der Waals surface area contributed by atoms with Gasteiger partial charge >= 0.3 is 0 Å². The van der Waals surface area contributed by atoms with Gasteiger partial charge in [0, 0.05) is 32.1 Å². The number of carbonyl (C=O) groups excluding carboxylic acids is 1. The van der Waals surface area contributed by atoms with Crippen molar-refractivity contribution in [1.29, 1.82) is 0 Å². The van der Waals surface area contributed by atoms with Crippen molar-refractivity contribution in [3.8, 4) is 5.75 Å². The number of hydrogen-bond donors (Lipinski definition) is 1. The monoisotopic (exact) mass is 262 g/mol. The van der Waals surface area contributed by atoms with E-state index in [4.69, 9.17) is 4.74 Å². The number of ether oxygens (including phenoxy) is 1. The van der Waals surface area contributed by atoms with Crippen LogP contribution in [0.25, 0.3) is 0 Å². The van der Waals surface area contributed by atoms with E-state index >= 15 is 0 Å². The van der Waals surface area contributed by atoms with Crippen LogP contribution in [-0.4, -0.2) is 43.6 Å². The van der Waals surface area contributed by atoms with Crippen LogP contribution in [-0.2, 0) is 11.2 Å². The first kappa shape index (κ1) is 13.9. The molecule has 0 aliphatic carbocycles. The summed E-state index contributed by atoms with van der Waals surface area (Å²) in [6, 6.07) is 8.31. The molecule has 0 bridgehead atoms. The number of nitrogens with zero attached hydrogens (tertiary/aromatic N) is 1. The average molecular weight is 262 g/mol. The Morgan fingerprint density at radius 3 is 3.11 bits per heavy atom. The third-order valence-electron chi connectivity index (χ3n) is 3.48. The van der Waals surface area contributed by atoms with Gasteiger partial charge in [-0.1, -0.05) is 12.1 Å². The fraction of sp³-hybridized carbons (Fsp3) is 0.533. The second-order valence-corrected chi connectivity index (χ2v) is 5.05. The van der Waals surface area contributed by atoms with Crippen molar-refractivity contribution in [2.24, 2.45) is 0 Å². The maximum atomic E-state index is 12.1. The Labute approximate surface area is 114 Å². The van der Waals surface area contributed by atoms with E-state index in [9.17, 15) is 4.79 Å². The molecule has 0 radical (unpaired) electrons. The molecule has 1 atom stereocenters. The summed E-state index contributed by atoms with van der Waals surface area (Å²) >= 11 is 0. The van der Waals surface area contributed by atoms with Crippen LogP contribution in [0.3, 0.4) is 0 Å². The standard InChI is InChI=1S/C15H22N2O2/c1-12-11-17(9-8-16-12)15(18)7-6-13-4-3-5-14(10-13)19-2/h3-5,10,12,16H,6-9,11H2,1-2H3. The fourth-order valence-corrected chi connectivity index (χ4v) is 2.40. The van der Waals surface area contributed by atoms with Crippen LogP contribution in [0, 0.1) is 0 Å². The van der Waals surface area contributed by atoms with E-state index < -0.39 is 0 Å². The summed E-state index contributed by atoms with van der Waals surface area (Å²) in [6.07, 6.45) is 1.34. The summed E-state index contributed by atoms with van der Waals surface area (Å²) in [5.41, 5.74) is 1.15. The van der Waals surface area contributed by atoms with Gasteiger partial charge in [-0.2, -0.15) is 0 Å². The van der Waals surface area contributed by atoms with Gasteiger partial charge in [0.15, 0.2) is 0 Å². The van der Waals surface area contributed by atoms with Gasteiger partial charge in [0.25, 0.3) is 0 Å². The number of methoxy groups -OCH3 is 1. The highest BCUT2D eigenvalue weighted by Gasteiger charge is 2.19. The van der Waals surface area contributed by atoms with Crippen LogP contribution in [0.5, 0.6) is 5.75 Å². The molecule has 1 fully saturated rings. The van der Waals surface area contributed by atoms with Gasteiger partial charge in [-0.25, -0.2) is 0 Å². The molecular formula is C15H22N2O2. The normalized spacial score (nSPS) is 19.3. The van der Waals surface area contributed by atoms with Crippen molar-refractivity contribution in [2.45, 2.75) is 25.8 Å². The molecular weight excluding hydrogens is 240 g/mol. The van der Waals surface area contributed by atoms with Crippen molar-refractivity contribution in [3.63, 3.8) is 0 Å². The molecule has 1 heterocycles. The molecule has 0 saturated carbocycles. The Balaban J connectivity index is 1.85. The Hall–Kier alpha value is -1.55. The van der Waals surface area contributed by atoms with E-state index in [1.54, 1.807) is 7.11 Å². The minimum Gasteiger partial charge on any atom is -0.497 e. The number of benzene rings is 1. The maximum absolute atomic E-state index is 12.1. The number of rotatable bonds is 4. The van der Waals surface area contributed by atoms with Gasteiger partial charge in [0.1, 0.15) is 5.75 Å². The molecule has 1 aromatic carbocycles. The molecule has 1 N–H and O–H groups in total. The van der Waals surface area contributed by atoms with Crippen molar-refractivity contribution < 1.29 is 9.53 Å². The quantitative estimate of drug-likeness (QED) is 0.893. The van der Waals surface area contributed by atoms with E-state index in [1.165, 1.54) is 0 Å². The lowest BCUT2D eigenvalue weighted by Gasteiger charge is -2.32. The molecule has 1 aliphatic heterocycles. The molecule has 19 heavy (non-hydrogen) atoms. The van der Waals surface area contributed by atoms with E-state index in [2.05, 4.69) is 12.2 Å². The molecule has 2 rings (SSSR count). The highest BCUT2D eigenvalue weighted by atomic mass is 16.5. The van der Waals surface area contributed by atoms with Crippen LogP contribution < -0.4 is 10.1 Å². The topological polar surface area (TPSA) is 41.6 Å². The molecule has 1 amide bonds. The fourth-order valence-electron chi connectivity index (χ4n) is 2.40. The zero-order chi connectivity index (χ0) is 13.7. The number of piperazine rings is 1. The first-order chi connectivity index (χ1) is 9.19. The number of hydrogen-bond acceptors (Lipinski definition) is 3. The van der Waals surface area contributed by atoms with E-state index in [-0.39, 0.29) is 5.91 Å². The van der Waals surface area contributed by atoms with E-state index in [0.717, 1.165) is 37.4 Å². The first-order valence-electron chi connectivity index (χ1n) is 6.83. The number of aryl methyl sites for hydroxylation is 1. The molecule has 1 unspecified atom stereocenters. The van der Waals surface area contributed by atoms with Gasteiger partial charge in [0.05, 0.1) is 7.11 Å². The molecule has 4 heteroatoms. The maximum Gasteiger partial charge on any atom is 0.222 e. The molecule has 1 aromatic rings. The van der Waals surface area contributed by atoms with E-state index in [0.29, 0.717) is 12.5 Å². The number of nitrogens with one attached hydrogen (secondary N) is 1. The third kappa shape index (κ3) is 3.96. The minimum atomic E-state index is 0.246. The lowest BCUT2D eigenvalue weighted by molar-refractivity contribution is -0.132. The highest BCUT2D eigenvalue weighted by Crippen LogP contribution is 2.14. The van der Waals surface area contributed by atoms with Gasteiger partial charge in [-0.15, -0.1) is 0 Å². The van der Waals surface area contributed by atoms with Gasteiger partial charge in [-0.3, -0.25) is 4.79 Å². The van der Waals surface area contributed by atoms with Gasteiger partial charge < -0.3 is 15.0 Å². The number of amides is 1. The summed E-state index contributed by atoms with van der Waals surface area (Å²) in [7, 11) is 1.66. The Morgan fingerprint density at radius 1 is 1.53 bits per heavy atom. The lowest BCUT2D eigenvalue weighted by Crippen LogP contribution is -2.51. The second-order valence-electron chi connectivity index (χ2n) is 5.05.